The van der Waals surface area contributed by atoms with Gasteiger partial charge in [0, 0.05) is 5.56 Å². The molecule has 1 unspecified atom stereocenters. The van der Waals surface area contributed by atoms with E-state index in [2.05, 4.69) is 15.3 Å². The molecule has 8 heteroatoms. The molecule has 1 atom stereocenters. The van der Waals surface area contributed by atoms with Crippen molar-refractivity contribution in [2.24, 2.45) is 0 Å². The molecule has 1 aromatic heterocycles. The molecule has 2 aliphatic heterocycles. The first-order chi connectivity index (χ1) is 13.6. The first-order valence-electron chi connectivity index (χ1n) is 8.69. The van der Waals surface area contributed by atoms with Crippen LogP contribution in [0.3, 0.4) is 0 Å². The standard InChI is InChI=1S/C20H21N3O5/c1-20(12-5-7-13(8-6-12)27-11-28-20)23-19-14-9-15(24-2)17(25-3)18(26-4)16(14)21-10-22-19/h5-10H,11H2,1-4H3,(H,21,22,23). The van der Waals surface area contributed by atoms with Gasteiger partial charge in [-0.05, 0) is 25.1 Å². The fourth-order valence-corrected chi connectivity index (χ4v) is 3.27. The maximum atomic E-state index is 5.97. The van der Waals surface area contributed by atoms with E-state index in [1.165, 1.54) is 6.33 Å². The summed E-state index contributed by atoms with van der Waals surface area (Å²) in [6.07, 6.45) is 1.46. The molecule has 2 bridgehead atoms. The number of nitrogens with one attached hydrogen (secondary N) is 1. The van der Waals surface area contributed by atoms with Crippen molar-refractivity contribution in [2.45, 2.75) is 12.6 Å². The maximum absolute atomic E-state index is 5.97. The number of anilines is 1. The molecule has 5 rings (SSSR count). The zero-order valence-electron chi connectivity index (χ0n) is 16.1. The molecule has 3 aromatic rings. The number of aromatic nitrogens is 2. The van der Waals surface area contributed by atoms with Crippen LogP contribution in [0.15, 0.2) is 36.7 Å². The smallest absolute Gasteiger partial charge is 0.205 e. The number of hydrogen-bond donors (Lipinski definition) is 1. The van der Waals surface area contributed by atoms with Gasteiger partial charge in [0.05, 0.1) is 26.7 Å². The van der Waals surface area contributed by atoms with Crippen LogP contribution >= 0.6 is 0 Å². The molecule has 0 aliphatic carbocycles. The Hall–Kier alpha value is -3.26. The normalized spacial score (nSPS) is 18.1. The van der Waals surface area contributed by atoms with E-state index in [-0.39, 0.29) is 6.79 Å². The summed E-state index contributed by atoms with van der Waals surface area (Å²) in [6, 6.07) is 9.54. The number of nitrogens with zero attached hydrogens (tertiary/aromatic N) is 2. The van der Waals surface area contributed by atoms with E-state index in [1.54, 1.807) is 21.3 Å². The lowest BCUT2D eigenvalue weighted by Gasteiger charge is -2.33. The van der Waals surface area contributed by atoms with E-state index in [1.807, 2.05) is 37.3 Å². The molecule has 2 aliphatic rings. The van der Waals surface area contributed by atoms with Gasteiger partial charge in [0.25, 0.3) is 0 Å². The minimum Gasteiger partial charge on any atom is -0.493 e. The second-order valence-corrected chi connectivity index (χ2v) is 6.35. The quantitative estimate of drug-likeness (QED) is 0.718. The van der Waals surface area contributed by atoms with Gasteiger partial charge in [-0.25, -0.2) is 9.97 Å². The molecule has 2 aromatic carbocycles. The van der Waals surface area contributed by atoms with E-state index in [9.17, 15) is 0 Å². The van der Waals surface area contributed by atoms with Crippen LogP contribution in [0.4, 0.5) is 5.82 Å². The Morgan fingerprint density at radius 3 is 2.43 bits per heavy atom. The monoisotopic (exact) mass is 383 g/mol. The summed E-state index contributed by atoms with van der Waals surface area (Å²) in [5, 5.41) is 4.09. The maximum Gasteiger partial charge on any atom is 0.205 e. The third-order valence-electron chi connectivity index (χ3n) is 4.77. The van der Waals surface area contributed by atoms with Gasteiger partial charge in [0.2, 0.25) is 5.75 Å². The van der Waals surface area contributed by atoms with Crippen LogP contribution in [0, 0.1) is 0 Å². The van der Waals surface area contributed by atoms with Crippen LogP contribution in [0.1, 0.15) is 12.5 Å². The molecular weight excluding hydrogens is 362 g/mol. The molecule has 0 spiro atoms. The highest BCUT2D eigenvalue weighted by molar-refractivity contribution is 5.96. The van der Waals surface area contributed by atoms with E-state index < -0.39 is 5.72 Å². The average molecular weight is 383 g/mol. The van der Waals surface area contributed by atoms with Crippen molar-refractivity contribution >= 4 is 16.7 Å². The second kappa shape index (κ2) is 7.05. The summed E-state index contributed by atoms with van der Waals surface area (Å²) in [5.74, 6) is 2.79. The Morgan fingerprint density at radius 2 is 1.75 bits per heavy atom. The highest BCUT2D eigenvalue weighted by atomic mass is 16.7. The third kappa shape index (κ3) is 2.91. The third-order valence-corrected chi connectivity index (χ3v) is 4.77. The molecule has 28 heavy (non-hydrogen) atoms. The molecular formula is C20H21N3O5. The molecule has 0 saturated heterocycles. The van der Waals surface area contributed by atoms with Crippen LogP contribution in [0.2, 0.25) is 0 Å². The number of benzene rings is 2. The SMILES string of the molecule is COc1cc2c(NC3(C)OCOc4ccc3cc4)ncnc2c(OC)c1OC. The van der Waals surface area contributed by atoms with E-state index >= 15 is 0 Å². The predicted octanol–water partition coefficient (Wildman–Crippen LogP) is 3.31. The first-order valence-corrected chi connectivity index (χ1v) is 8.69. The number of fused-ring (bicyclic) bond motifs is 6. The summed E-state index contributed by atoms with van der Waals surface area (Å²) in [5.41, 5.74) is 0.679. The lowest BCUT2D eigenvalue weighted by Crippen LogP contribution is -2.37. The highest BCUT2D eigenvalue weighted by Gasteiger charge is 2.31. The highest BCUT2D eigenvalue weighted by Crippen LogP contribution is 2.44. The van der Waals surface area contributed by atoms with Gasteiger partial charge in [-0.1, -0.05) is 12.1 Å². The Morgan fingerprint density at radius 1 is 1.00 bits per heavy atom. The summed E-state index contributed by atoms with van der Waals surface area (Å²) < 4.78 is 28.0. The summed E-state index contributed by atoms with van der Waals surface area (Å²) in [6.45, 7) is 2.03. The van der Waals surface area contributed by atoms with Gasteiger partial charge in [0.1, 0.15) is 23.4 Å². The van der Waals surface area contributed by atoms with Gasteiger partial charge in [-0.2, -0.15) is 0 Å². The van der Waals surface area contributed by atoms with Crippen molar-refractivity contribution in [1.29, 1.82) is 0 Å². The van der Waals surface area contributed by atoms with E-state index in [4.69, 9.17) is 23.7 Å². The predicted molar refractivity (Wildman–Crippen MR) is 103 cm³/mol. The molecule has 0 fully saturated rings. The lowest BCUT2D eigenvalue weighted by atomic mass is 10.0. The van der Waals surface area contributed by atoms with Gasteiger partial charge >= 0.3 is 0 Å². The summed E-state index contributed by atoms with van der Waals surface area (Å²) >= 11 is 0. The molecule has 0 amide bonds. The fraction of sp³-hybridized carbons (Fsp3) is 0.300. The van der Waals surface area contributed by atoms with Crippen molar-refractivity contribution in [2.75, 3.05) is 33.4 Å². The molecule has 8 nitrogen and oxygen atoms in total. The van der Waals surface area contributed by atoms with Crippen LogP contribution in [0.25, 0.3) is 10.9 Å². The molecule has 0 radical (unpaired) electrons. The largest absolute Gasteiger partial charge is 0.493 e. The van der Waals surface area contributed by atoms with Crippen LogP contribution in [-0.2, 0) is 10.5 Å². The number of methoxy groups -OCH3 is 3. The number of rotatable bonds is 5. The summed E-state index contributed by atoms with van der Waals surface area (Å²) in [7, 11) is 4.68. The first kappa shape index (κ1) is 18.1. The molecule has 0 saturated carbocycles. The Kier molecular flexibility index (Phi) is 4.56. The minimum absolute atomic E-state index is 0.112. The second-order valence-electron chi connectivity index (χ2n) is 6.35. The van der Waals surface area contributed by atoms with Crippen molar-refractivity contribution in [3.63, 3.8) is 0 Å². The van der Waals surface area contributed by atoms with Gasteiger partial charge in [-0.3, -0.25) is 0 Å². The summed E-state index contributed by atoms with van der Waals surface area (Å²) in [4.78, 5) is 8.80. The Bertz CT molecular complexity index is 1010. The van der Waals surface area contributed by atoms with Crippen molar-refractivity contribution in [1.82, 2.24) is 9.97 Å². The van der Waals surface area contributed by atoms with Crippen molar-refractivity contribution < 1.29 is 23.7 Å². The topological polar surface area (TPSA) is 84.0 Å². The molecule has 146 valence electrons. The minimum atomic E-state index is -0.860. The fourth-order valence-electron chi connectivity index (χ4n) is 3.27. The number of ether oxygens (including phenoxy) is 5. The van der Waals surface area contributed by atoms with Crippen molar-refractivity contribution in [3.8, 4) is 23.0 Å². The van der Waals surface area contributed by atoms with Crippen molar-refractivity contribution in [3.05, 3.63) is 42.2 Å². The molecule has 1 N–H and O–H groups in total. The van der Waals surface area contributed by atoms with Crippen LogP contribution < -0.4 is 24.3 Å². The average Bonchev–Trinajstić information content (AvgIpc) is 2.71. The van der Waals surface area contributed by atoms with E-state index in [0.717, 1.165) is 11.3 Å². The van der Waals surface area contributed by atoms with Gasteiger partial charge in [-0.15, -0.1) is 0 Å². The zero-order valence-corrected chi connectivity index (χ0v) is 16.1. The zero-order chi connectivity index (χ0) is 19.7. The van der Waals surface area contributed by atoms with Gasteiger partial charge in [0.15, 0.2) is 24.0 Å². The van der Waals surface area contributed by atoms with Gasteiger partial charge < -0.3 is 29.0 Å². The van der Waals surface area contributed by atoms with Crippen LogP contribution in [0.5, 0.6) is 23.0 Å². The lowest BCUT2D eigenvalue weighted by molar-refractivity contribution is -0.0877. The Balaban J connectivity index is 1.86. The number of hydrogen-bond acceptors (Lipinski definition) is 8. The Labute approximate surface area is 162 Å². The van der Waals surface area contributed by atoms with Crippen LogP contribution in [-0.4, -0.2) is 38.1 Å². The molecule has 3 heterocycles. The van der Waals surface area contributed by atoms with E-state index in [0.29, 0.717) is 34.0 Å².